The Morgan fingerprint density at radius 1 is 1.21 bits per heavy atom. The Kier molecular flexibility index (Phi) is 4.14. The maximum absolute atomic E-state index is 13.2. The van der Waals surface area contributed by atoms with Crippen LogP contribution in [0.3, 0.4) is 0 Å². The van der Waals surface area contributed by atoms with Gasteiger partial charge in [-0.2, -0.15) is 0 Å². The summed E-state index contributed by atoms with van der Waals surface area (Å²) in [5.74, 6) is 6.16. The van der Waals surface area contributed by atoms with Gasteiger partial charge in [-0.15, -0.1) is 0 Å². The highest BCUT2D eigenvalue weighted by Gasteiger charge is 2.15. The van der Waals surface area contributed by atoms with Crippen molar-refractivity contribution in [3.05, 3.63) is 65.0 Å². The maximum Gasteiger partial charge on any atom is 0.123 e. The lowest BCUT2D eigenvalue weighted by Gasteiger charge is -2.19. The number of hydrazine groups is 1. The van der Waals surface area contributed by atoms with Crippen LogP contribution in [0.25, 0.3) is 0 Å². The van der Waals surface area contributed by atoms with Crippen molar-refractivity contribution in [1.29, 1.82) is 0 Å². The Hall–Kier alpha value is -1.91. The van der Waals surface area contributed by atoms with Gasteiger partial charge in [0.1, 0.15) is 11.6 Å². The van der Waals surface area contributed by atoms with Crippen LogP contribution in [0.1, 0.15) is 22.7 Å². The summed E-state index contributed by atoms with van der Waals surface area (Å²) >= 11 is 0. The van der Waals surface area contributed by atoms with Crippen LogP contribution >= 0.6 is 0 Å². The summed E-state index contributed by atoms with van der Waals surface area (Å²) in [6.45, 7) is 1.86. The van der Waals surface area contributed by atoms with Crippen LogP contribution in [0.4, 0.5) is 4.39 Å². The third-order valence-corrected chi connectivity index (χ3v) is 3.14. The number of aryl methyl sites for hydroxylation is 1. The minimum atomic E-state index is -0.248. The summed E-state index contributed by atoms with van der Waals surface area (Å²) in [7, 11) is 1.62. The summed E-state index contributed by atoms with van der Waals surface area (Å²) in [5.41, 5.74) is 5.53. The van der Waals surface area contributed by atoms with E-state index >= 15 is 0 Å². The number of methoxy groups -OCH3 is 1. The number of halogens is 1. The molecule has 0 aliphatic heterocycles. The van der Waals surface area contributed by atoms with Gasteiger partial charge >= 0.3 is 0 Å². The molecule has 2 aromatic rings. The fourth-order valence-electron chi connectivity index (χ4n) is 2.15. The summed E-state index contributed by atoms with van der Waals surface area (Å²) in [4.78, 5) is 0. The molecule has 1 unspecified atom stereocenters. The highest BCUT2D eigenvalue weighted by Crippen LogP contribution is 2.27. The second-order valence-electron chi connectivity index (χ2n) is 4.38. The van der Waals surface area contributed by atoms with Gasteiger partial charge in [0, 0.05) is 0 Å². The van der Waals surface area contributed by atoms with Gasteiger partial charge < -0.3 is 4.74 Å². The fraction of sp³-hybridized carbons (Fsp3) is 0.200. The first-order chi connectivity index (χ1) is 9.15. The molecule has 19 heavy (non-hydrogen) atoms. The molecule has 2 aromatic carbocycles. The van der Waals surface area contributed by atoms with E-state index in [1.54, 1.807) is 13.2 Å². The fourth-order valence-corrected chi connectivity index (χ4v) is 2.15. The average molecular weight is 260 g/mol. The lowest BCUT2D eigenvalue weighted by molar-refractivity contribution is 0.413. The highest BCUT2D eigenvalue weighted by molar-refractivity contribution is 5.39. The molecular formula is C15H17FN2O. The normalized spacial score (nSPS) is 12.2. The number of hydrogen-bond donors (Lipinski definition) is 2. The number of benzene rings is 2. The smallest absolute Gasteiger partial charge is 0.123 e. The minimum absolute atomic E-state index is 0.198. The SMILES string of the molecule is COc1cccc(C(NN)c2ccc(F)cc2C)c1. The maximum atomic E-state index is 13.2. The molecule has 0 heterocycles. The van der Waals surface area contributed by atoms with Gasteiger partial charge in [0.15, 0.2) is 0 Å². The van der Waals surface area contributed by atoms with Gasteiger partial charge in [-0.1, -0.05) is 18.2 Å². The third-order valence-electron chi connectivity index (χ3n) is 3.14. The molecule has 0 aliphatic rings. The third kappa shape index (κ3) is 2.92. The Balaban J connectivity index is 2.43. The van der Waals surface area contributed by atoms with Gasteiger partial charge in [0.2, 0.25) is 0 Å². The zero-order valence-electron chi connectivity index (χ0n) is 11.0. The molecule has 0 spiro atoms. The van der Waals surface area contributed by atoms with E-state index in [0.29, 0.717) is 0 Å². The molecule has 0 bridgehead atoms. The molecule has 0 aromatic heterocycles. The Morgan fingerprint density at radius 3 is 2.63 bits per heavy atom. The summed E-state index contributed by atoms with van der Waals surface area (Å²) in [6.07, 6.45) is 0. The Labute approximate surface area is 112 Å². The van der Waals surface area contributed by atoms with Crippen molar-refractivity contribution < 1.29 is 9.13 Å². The second kappa shape index (κ2) is 5.82. The molecule has 0 saturated heterocycles. The van der Waals surface area contributed by atoms with Crippen LogP contribution in [-0.4, -0.2) is 7.11 Å². The van der Waals surface area contributed by atoms with E-state index in [4.69, 9.17) is 10.6 Å². The molecule has 2 rings (SSSR count). The zero-order chi connectivity index (χ0) is 13.8. The van der Waals surface area contributed by atoms with E-state index in [2.05, 4.69) is 5.43 Å². The van der Waals surface area contributed by atoms with Crippen molar-refractivity contribution in [3.63, 3.8) is 0 Å². The molecule has 3 N–H and O–H groups in total. The van der Waals surface area contributed by atoms with Crippen molar-refractivity contribution in [1.82, 2.24) is 5.43 Å². The van der Waals surface area contributed by atoms with Crippen LogP contribution < -0.4 is 16.0 Å². The summed E-state index contributed by atoms with van der Waals surface area (Å²) in [6, 6.07) is 12.1. The minimum Gasteiger partial charge on any atom is -0.497 e. The lowest BCUT2D eigenvalue weighted by Crippen LogP contribution is -2.29. The van der Waals surface area contributed by atoms with Crippen LogP contribution in [0.2, 0.25) is 0 Å². The van der Waals surface area contributed by atoms with Gasteiger partial charge in [-0.3, -0.25) is 5.84 Å². The molecule has 0 aliphatic carbocycles. The van der Waals surface area contributed by atoms with Gasteiger partial charge in [-0.25, -0.2) is 9.82 Å². The first-order valence-electron chi connectivity index (χ1n) is 6.02. The Bertz CT molecular complexity index is 572. The van der Waals surface area contributed by atoms with E-state index in [0.717, 1.165) is 22.4 Å². The molecule has 1 atom stereocenters. The largest absolute Gasteiger partial charge is 0.497 e. The number of nitrogens with two attached hydrogens (primary N) is 1. The van der Waals surface area contributed by atoms with E-state index in [1.807, 2.05) is 31.2 Å². The van der Waals surface area contributed by atoms with Crippen LogP contribution in [0.5, 0.6) is 5.75 Å². The molecule has 4 heteroatoms. The predicted octanol–water partition coefficient (Wildman–Crippen LogP) is 2.70. The topological polar surface area (TPSA) is 47.3 Å². The number of ether oxygens (including phenoxy) is 1. The highest BCUT2D eigenvalue weighted by atomic mass is 19.1. The van der Waals surface area contributed by atoms with Gasteiger partial charge in [0.25, 0.3) is 0 Å². The van der Waals surface area contributed by atoms with E-state index in [-0.39, 0.29) is 11.9 Å². The standard InChI is InChI=1S/C15H17FN2O/c1-10-8-12(16)6-7-14(10)15(18-17)11-4-3-5-13(9-11)19-2/h3-9,15,18H,17H2,1-2H3. The zero-order valence-corrected chi connectivity index (χ0v) is 11.0. The monoisotopic (exact) mass is 260 g/mol. The summed E-state index contributed by atoms with van der Waals surface area (Å²) < 4.78 is 18.4. The summed E-state index contributed by atoms with van der Waals surface area (Å²) in [5, 5.41) is 0. The van der Waals surface area contributed by atoms with Crippen molar-refractivity contribution in [3.8, 4) is 5.75 Å². The van der Waals surface area contributed by atoms with Crippen LogP contribution in [0.15, 0.2) is 42.5 Å². The first kappa shape index (κ1) is 13.5. The molecule has 100 valence electrons. The van der Waals surface area contributed by atoms with Crippen LogP contribution in [0, 0.1) is 12.7 Å². The quantitative estimate of drug-likeness (QED) is 0.656. The molecule has 0 fully saturated rings. The lowest BCUT2D eigenvalue weighted by atomic mass is 9.95. The molecule has 0 radical (unpaired) electrons. The molecule has 3 nitrogen and oxygen atoms in total. The van der Waals surface area contributed by atoms with Gasteiger partial charge in [-0.05, 0) is 47.9 Å². The predicted molar refractivity (Wildman–Crippen MR) is 73.3 cm³/mol. The van der Waals surface area contributed by atoms with Gasteiger partial charge in [0.05, 0.1) is 13.2 Å². The average Bonchev–Trinajstić information content (AvgIpc) is 2.42. The molecule has 0 amide bonds. The van der Waals surface area contributed by atoms with E-state index < -0.39 is 0 Å². The van der Waals surface area contributed by atoms with Crippen molar-refractivity contribution in [2.24, 2.45) is 5.84 Å². The number of nitrogens with one attached hydrogen (secondary N) is 1. The number of hydrogen-bond acceptors (Lipinski definition) is 3. The molecular weight excluding hydrogens is 243 g/mol. The first-order valence-corrected chi connectivity index (χ1v) is 6.02. The van der Waals surface area contributed by atoms with Crippen molar-refractivity contribution >= 4 is 0 Å². The Morgan fingerprint density at radius 2 is 2.00 bits per heavy atom. The number of rotatable bonds is 4. The second-order valence-corrected chi connectivity index (χ2v) is 4.38. The van der Waals surface area contributed by atoms with Crippen molar-refractivity contribution in [2.75, 3.05) is 7.11 Å². The van der Waals surface area contributed by atoms with Crippen LogP contribution in [-0.2, 0) is 0 Å². The van der Waals surface area contributed by atoms with E-state index in [9.17, 15) is 4.39 Å². The van der Waals surface area contributed by atoms with E-state index in [1.165, 1.54) is 12.1 Å². The molecule has 0 saturated carbocycles. The van der Waals surface area contributed by atoms with Crippen molar-refractivity contribution in [2.45, 2.75) is 13.0 Å².